The van der Waals surface area contributed by atoms with E-state index < -0.39 is 15.8 Å². The van der Waals surface area contributed by atoms with E-state index in [1.807, 2.05) is 0 Å². The minimum absolute atomic E-state index is 0.0471. The molecule has 0 amide bonds. The van der Waals surface area contributed by atoms with Crippen LogP contribution < -0.4 is 9.46 Å². The molecule has 1 N–H and O–H groups in total. The second-order valence-electron chi connectivity index (χ2n) is 4.25. The van der Waals surface area contributed by atoms with E-state index >= 15 is 0 Å². The Kier molecular flexibility index (Phi) is 4.97. The second-order valence-corrected chi connectivity index (χ2v) is 6.90. The zero-order valence-corrected chi connectivity index (χ0v) is 13.5. The van der Waals surface area contributed by atoms with Crippen LogP contribution in [-0.2, 0) is 16.6 Å². The fourth-order valence-corrected chi connectivity index (χ4v) is 3.35. The summed E-state index contributed by atoms with van der Waals surface area (Å²) in [5.74, 6) is -0.170. The van der Waals surface area contributed by atoms with Crippen molar-refractivity contribution >= 4 is 26.0 Å². The minimum Gasteiger partial charge on any atom is -0.497 e. The van der Waals surface area contributed by atoms with Crippen molar-refractivity contribution in [2.45, 2.75) is 11.4 Å². The van der Waals surface area contributed by atoms with Gasteiger partial charge in [0.25, 0.3) is 0 Å². The first-order valence-electron chi connectivity index (χ1n) is 6.00. The topological polar surface area (TPSA) is 55.4 Å². The minimum atomic E-state index is -3.93. The lowest BCUT2D eigenvalue weighted by Gasteiger charge is -2.09. The lowest BCUT2D eigenvalue weighted by molar-refractivity contribution is 0.414. The first kappa shape index (κ1) is 15.9. The predicted octanol–water partition coefficient (Wildman–Crippen LogP) is 3.08. The van der Waals surface area contributed by atoms with Crippen LogP contribution in [0.1, 0.15) is 5.56 Å². The normalized spacial score (nSPS) is 11.4. The number of benzene rings is 2. The van der Waals surface area contributed by atoms with Gasteiger partial charge in [-0.1, -0.05) is 28.1 Å². The van der Waals surface area contributed by atoms with E-state index in [1.165, 1.54) is 19.2 Å². The molecule has 7 heteroatoms. The molecule has 21 heavy (non-hydrogen) atoms. The Hall–Kier alpha value is -1.44. The monoisotopic (exact) mass is 373 g/mol. The number of hydrogen-bond acceptors (Lipinski definition) is 3. The van der Waals surface area contributed by atoms with E-state index in [2.05, 4.69) is 20.7 Å². The summed E-state index contributed by atoms with van der Waals surface area (Å²) in [6.07, 6.45) is 0. The summed E-state index contributed by atoms with van der Waals surface area (Å²) in [6, 6.07) is 10.7. The zero-order chi connectivity index (χ0) is 15.5. The summed E-state index contributed by atoms with van der Waals surface area (Å²) >= 11 is 3.13. The van der Waals surface area contributed by atoms with E-state index in [-0.39, 0.29) is 11.4 Å². The molecule has 0 aliphatic carbocycles. The first-order chi connectivity index (χ1) is 9.92. The van der Waals surface area contributed by atoms with Gasteiger partial charge in [-0.3, -0.25) is 0 Å². The van der Waals surface area contributed by atoms with Crippen LogP contribution in [-0.4, -0.2) is 15.5 Å². The molecular formula is C14H13BrFNO3S. The molecule has 0 atom stereocenters. The summed E-state index contributed by atoms with van der Waals surface area (Å²) in [4.78, 5) is -0.389. The van der Waals surface area contributed by atoms with Crippen LogP contribution in [0.5, 0.6) is 5.75 Å². The largest absolute Gasteiger partial charge is 0.497 e. The third kappa shape index (κ3) is 4.03. The highest BCUT2D eigenvalue weighted by molar-refractivity contribution is 9.10. The molecule has 0 saturated heterocycles. The lowest BCUT2D eigenvalue weighted by Crippen LogP contribution is -2.24. The number of nitrogens with one attached hydrogen (secondary N) is 1. The van der Waals surface area contributed by atoms with Gasteiger partial charge in [-0.15, -0.1) is 0 Å². The van der Waals surface area contributed by atoms with Crippen molar-refractivity contribution in [2.75, 3.05) is 7.11 Å². The Morgan fingerprint density at radius 3 is 2.71 bits per heavy atom. The van der Waals surface area contributed by atoms with Crippen LogP contribution in [0.2, 0.25) is 0 Å². The highest BCUT2D eigenvalue weighted by Gasteiger charge is 2.19. The van der Waals surface area contributed by atoms with Gasteiger partial charge in [-0.25, -0.2) is 17.5 Å². The average Bonchev–Trinajstić information content (AvgIpc) is 2.48. The molecule has 4 nitrogen and oxygen atoms in total. The summed E-state index contributed by atoms with van der Waals surface area (Å²) in [5, 5.41) is 0. The van der Waals surface area contributed by atoms with Crippen LogP contribution in [0.25, 0.3) is 0 Å². The fourth-order valence-electron chi connectivity index (χ4n) is 1.72. The molecule has 0 radical (unpaired) electrons. The van der Waals surface area contributed by atoms with Gasteiger partial charge >= 0.3 is 0 Å². The Morgan fingerprint density at radius 1 is 1.24 bits per heavy atom. The molecule has 0 bridgehead atoms. The zero-order valence-electron chi connectivity index (χ0n) is 11.1. The number of hydrogen-bond donors (Lipinski definition) is 1. The molecule has 2 aromatic carbocycles. The predicted molar refractivity (Wildman–Crippen MR) is 81.1 cm³/mol. The number of sulfonamides is 1. The number of halogens is 2. The molecule has 0 heterocycles. The third-order valence-corrected chi connectivity index (χ3v) is 4.69. The van der Waals surface area contributed by atoms with Crippen LogP contribution >= 0.6 is 15.9 Å². The lowest BCUT2D eigenvalue weighted by atomic mass is 10.2. The molecule has 0 fully saturated rings. The van der Waals surface area contributed by atoms with Crippen molar-refractivity contribution in [3.05, 3.63) is 58.3 Å². The van der Waals surface area contributed by atoms with E-state index in [0.717, 1.165) is 6.07 Å². The van der Waals surface area contributed by atoms with Gasteiger partial charge in [-0.2, -0.15) is 0 Å². The Bertz CT molecular complexity index is 750. The third-order valence-electron chi connectivity index (χ3n) is 2.78. The van der Waals surface area contributed by atoms with Gasteiger partial charge < -0.3 is 4.74 Å². The highest BCUT2D eigenvalue weighted by Crippen LogP contribution is 2.20. The Labute approximate surface area is 131 Å². The number of ether oxygens (including phenoxy) is 1. The summed E-state index contributed by atoms with van der Waals surface area (Å²) in [7, 11) is -2.40. The van der Waals surface area contributed by atoms with Crippen molar-refractivity contribution in [1.82, 2.24) is 4.72 Å². The Morgan fingerprint density at radius 2 is 2.00 bits per heavy atom. The number of rotatable bonds is 5. The molecular weight excluding hydrogens is 361 g/mol. The average molecular weight is 374 g/mol. The molecule has 0 spiro atoms. The van der Waals surface area contributed by atoms with E-state index in [0.29, 0.717) is 15.8 Å². The maximum Gasteiger partial charge on any atom is 0.243 e. The summed E-state index contributed by atoms with van der Waals surface area (Å²) in [5.41, 5.74) is 0.716. The quantitative estimate of drug-likeness (QED) is 0.875. The molecule has 0 saturated carbocycles. The van der Waals surface area contributed by atoms with Crippen molar-refractivity contribution < 1.29 is 17.5 Å². The molecule has 0 aliphatic heterocycles. The van der Waals surface area contributed by atoms with Crippen molar-refractivity contribution in [1.29, 1.82) is 0 Å². The van der Waals surface area contributed by atoms with Crippen molar-refractivity contribution in [3.8, 4) is 5.75 Å². The van der Waals surface area contributed by atoms with Gasteiger partial charge in [0.2, 0.25) is 10.0 Å². The Balaban J connectivity index is 2.19. The number of methoxy groups -OCH3 is 1. The molecule has 112 valence electrons. The molecule has 0 aromatic heterocycles. The first-order valence-corrected chi connectivity index (χ1v) is 8.27. The molecule has 0 aliphatic rings. The van der Waals surface area contributed by atoms with E-state index in [4.69, 9.17) is 4.74 Å². The highest BCUT2D eigenvalue weighted by atomic mass is 79.9. The van der Waals surface area contributed by atoms with Crippen LogP contribution in [0, 0.1) is 5.82 Å². The van der Waals surface area contributed by atoms with Crippen molar-refractivity contribution in [2.24, 2.45) is 0 Å². The maximum absolute atomic E-state index is 13.6. The van der Waals surface area contributed by atoms with Gasteiger partial charge in [0, 0.05) is 11.0 Å². The summed E-state index contributed by atoms with van der Waals surface area (Å²) in [6.45, 7) is 0.0471. The van der Waals surface area contributed by atoms with E-state index in [9.17, 15) is 12.8 Å². The fraction of sp³-hybridized carbons (Fsp3) is 0.143. The smallest absolute Gasteiger partial charge is 0.243 e. The van der Waals surface area contributed by atoms with Gasteiger partial charge in [0.1, 0.15) is 16.5 Å². The SMILES string of the molecule is COc1cccc(CNS(=O)(=O)c2cc(Br)ccc2F)c1. The summed E-state index contributed by atoms with van der Waals surface area (Å²) < 4.78 is 45.8. The standard InChI is InChI=1S/C14H13BrFNO3S/c1-20-12-4-2-3-10(7-12)9-17-21(18,19)14-8-11(15)5-6-13(14)16/h2-8,17H,9H2,1H3. The van der Waals surface area contributed by atoms with Gasteiger partial charge in [0.15, 0.2) is 0 Å². The maximum atomic E-state index is 13.6. The second kappa shape index (κ2) is 6.55. The van der Waals surface area contributed by atoms with Crippen LogP contribution in [0.3, 0.4) is 0 Å². The molecule has 0 unspecified atom stereocenters. The van der Waals surface area contributed by atoms with E-state index in [1.54, 1.807) is 24.3 Å². The van der Waals surface area contributed by atoms with Crippen LogP contribution in [0.4, 0.5) is 4.39 Å². The molecule has 2 aromatic rings. The van der Waals surface area contributed by atoms with Gasteiger partial charge in [-0.05, 0) is 35.9 Å². The van der Waals surface area contributed by atoms with Crippen molar-refractivity contribution in [3.63, 3.8) is 0 Å². The molecule has 2 rings (SSSR count). The van der Waals surface area contributed by atoms with Gasteiger partial charge in [0.05, 0.1) is 7.11 Å². The van der Waals surface area contributed by atoms with Crippen LogP contribution in [0.15, 0.2) is 51.8 Å².